The number of hydrogen-bond acceptors (Lipinski definition) is 4. The van der Waals surface area contributed by atoms with E-state index in [-0.39, 0.29) is 11.8 Å². The fraction of sp³-hybridized carbons (Fsp3) is 0.444. The van der Waals surface area contributed by atoms with E-state index in [1.165, 1.54) is 12.3 Å². The van der Waals surface area contributed by atoms with Crippen LogP contribution in [0.2, 0.25) is 0 Å². The van der Waals surface area contributed by atoms with Crippen LogP contribution in [0.25, 0.3) is 0 Å². The molecule has 0 amide bonds. The van der Waals surface area contributed by atoms with Crippen LogP contribution in [0.5, 0.6) is 0 Å². The van der Waals surface area contributed by atoms with Crippen molar-refractivity contribution in [3.63, 3.8) is 0 Å². The van der Waals surface area contributed by atoms with Gasteiger partial charge in [-0.2, -0.15) is 0 Å². The number of aryl methyl sites for hydroxylation is 1. The van der Waals surface area contributed by atoms with Gasteiger partial charge in [-0.15, -0.1) is 0 Å². The van der Waals surface area contributed by atoms with Crippen LogP contribution in [0, 0.1) is 10.1 Å². The summed E-state index contributed by atoms with van der Waals surface area (Å²) in [6, 6.07) is 1.50. The van der Waals surface area contributed by atoms with E-state index in [0.717, 1.165) is 11.3 Å². The number of aliphatic hydroxyl groups is 1. The van der Waals surface area contributed by atoms with Gasteiger partial charge in [-0.25, -0.2) is 0 Å². The van der Waals surface area contributed by atoms with Crippen molar-refractivity contribution in [3.8, 4) is 0 Å². The zero-order valence-corrected chi connectivity index (χ0v) is 7.51. The van der Waals surface area contributed by atoms with Gasteiger partial charge in [-0.3, -0.25) is 15.1 Å². The van der Waals surface area contributed by atoms with E-state index in [1.54, 1.807) is 0 Å². The van der Waals surface area contributed by atoms with E-state index < -0.39 is 4.92 Å². The van der Waals surface area contributed by atoms with Crippen molar-refractivity contribution in [1.29, 1.82) is 0 Å². The molecule has 0 radical (unpaired) electrons. The number of nitrogens with zero attached hydrogens (tertiary/aromatic N) is 2. The first-order valence-corrected chi connectivity index (χ1v) is 4.47. The smallest absolute Gasteiger partial charge is 0.287 e. The minimum atomic E-state index is -0.464. The van der Waals surface area contributed by atoms with Gasteiger partial charge < -0.3 is 5.11 Å². The van der Waals surface area contributed by atoms with Gasteiger partial charge in [0.15, 0.2) is 0 Å². The van der Waals surface area contributed by atoms with Crippen molar-refractivity contribution in [1.82, 2.24) is 4.98 Å². The van der Waals surface area contributed by atoms with Crippen molar-refractivity contribution < 1.29 is 10.0 Å². The average Bonchev–Trinajstić information content (AvgIpc) is 2.16. The maximum atomic E-state index is 10.5. The molecule has 0 saturated heterocycles. The monoisotopic (exact) mass is 194 g/mol. The van der Waals surface area contributed by atoms with Crippen LogP contribution in [0.15, 0.2) is 12.3 Å². The second-order valence-corrected chi connectivity index (χ2v) is 3.45. The molecule has 0 fully saturated rings. The SMILES string of the molecule is O=[N+]([O-])c1cnc2c(c1)C[C@@H](O)CC2. The van der Waals surface area contributed by atoms with Crippen LogP contribution in [0.3, 0.4) is 0 Å². The highest BCUT2D eigenvalue weighted by Gasteiger charge is 2.20. The van der Waals surface area contributed by atoms with Crippen LogP contribution < -0.4 is 0 Å². The first-order chi connectivity index (χ1) is 6.66. The molecule has 0 aliphatic heterocycles. The van der Waals surface area contributed by atoms with Crippen LogP contribution in [0.1, 0.15) is 17.7 Å². The highest BCUT2D eigenvalue weighted by Crippen LogP contribution is 2.23. The molecule has 5 nitrogen and oxygen atoms in total. The maximum absolute atomic E-state index is 10.5. The summed E-state index contributed by atoms with van der Waals surface area (Å²) in [5.74, 6) is 0. The van der Waals surface area contributed by atoms with Crippen LogP contribution >= 0.6 is 0 Å². The van der Waals surface area contributed by atoms with Crippen molar-refractivity contribution in [2.45, 2.75) is 25.4 Å². The Bertz CT molecular complexity index is 378. The lowest BCUT2D eigenvalue weighted by Crippen LogP contribution is -2.19. The Balaban J connectivity index is 2.37. The van der Waals surface area contributed by atoms with E-state index >= 15 is 0 Å². The molecule has 1 N–H and O–H groups in total. The molecular weight excluding hydrogens is 184 g/mol. The van der Waals surface area contributed by atoms with Crippen molar-refractivity contribution in [3.05, 3.63) is 33.6 Å². The maximum Gasteiger partial charge on any atom is 0.287 e. The highest BCUT2D eigenvalue weighted by molar-refractivity contribution is 5.35. The Morgan fingerprint density at radius 1 is 1.64 bits per heavy atom. The van der Waals surface area contributed by atoms with Gasteiger partial charge in [0.2, 0.25) is 0 Å². The molecule has 74 valence electrons. The van der Waals surface area contributed by atoms with E-state index in [1.807, 2.05) is 0 Å². The predicted octanol–water partition coefficient (Wildman–Crippen LogP) is 0.839. The summed E-state index contributed by atoms with van der Waals surface area (Å²) in [6.45, 7) is 0. The standard InChI is InChI=1S/C9H10N2O3/c12-8-1-2-9-6(4-8)3-7(5-10-9)11(13)14/h3,5,8,12H,1-2,4H2/t8-/m0/s1. The molecular formula is C9H10N2O3. The second kappa shape index (κ2) is 3.34. The lowest BCUT2D eigenvalue weighted by molar-refractivity contribution is -0.385. The molecule has 14 heavy (non-hydrogen) atoms. The third-order valence-corrected chi connectivity index (χ3v) is 2.43. The Morgan fingerprint density at radius 2 is 2.43 bits per heavy atom. The molecule has 1 heterocycles. The van der Waals surface area contributed by atoms with E-state index in [0.29, 0.717) is 19.3 Å². The minimum Gasteiger partial charge on any atom is -0.393 e. The summed E-state index contributed by atoms with van der Waals surface area (Å²) in [5, 5.41) is 19.9. The fourth-order valence-corrected chi connectivity index (χ4v) is 1.69. The molecule has 0 bridgehead atoms. The summed E-state index contributed by atoms with van der Waals surface area (Å²) >= 11 is 0. The van der Waals surface area contributed by atoms with Gasteiger partial charge in [0.25, 0.3) is 5.69 Å². The number of aromatic nitrogens is 1. The summed E-state index contributed by atoms with van der Waals surface area (Å²) in [7, 11) is 0. The molecule has 0 unspecified atom stereocenters. The van der Waals surface area contributed by atoms with Gasteiger partial charge >= 0.3 is 0 Å². The first-order valence-electron chi connectivity index (χ1n) is 4.47. The zero-order chi connectivity index (χ0) is 10.1. The Morgan fingerprint density at radius 3 is 3.14 bits per heavy atom. The molecule has 1 aliphatic rings. The normalized spacial score (nSPS) is 20.2. The van der Waals surface area contributed by atoms with Crippen molar-refractivity contribution in [2.24, 2.45) is 0 Å². The molecule has 0 aromatic carbocycles. The van der Waals surface area contributed by atoms with Gasteiger partial charge in [-0.05, 0) is 18.4 Å². The largest absolute Gasteiger partial charge is 0.393 e. The molecule has 2 rings (SSSR count). The quantitative estimate of drug-likeness (QED) is 0.531. The molecule has 1 aromatic rings. The Kier molecular flexibility index (Phi) is 2.17. The average molecular weight is 194 g/mol. The third kappa shape index (κ3) is 1.58. The second-order valence-electron chi connectivity index (χ2n) is 3.45. The van der Waals surface area contributed by atoms with Crippen molar-refractivity contribution in [2.75, 3.05) is 0 Å². The van der Waals surface area contributed by atoms with Gasteiger partial charge in [-0.1, -0.05) is 0 Å². The molecule has 1 aliphatic carbocycles. The van der Waals surface area contributed by atoms with Crippen LogP contribution in [-0.4, -0.2) is 21.1 Å². The Labute approximate surface area is 80.6 Å². The van der Waals surface area contributed by atoms with Crippen molar-refractivity contribution >= 4 is 5.69 Å². The lowest BCUT2D eigenvalue weighted by atomic mass is 9.94. The molecule has 5 heteroatoms. The summed E-state index contributed by atoms with van der Waals surface area (Å²) < 4.78 is 0. The highest BCUT2D eigenvalue weighted by atomic mass is 16.6. The number of hydrogen-bond donors (Lipinski definition) is 1. The lowest BCUT2D eigenvalue weighted by Gasteiger charge is -2.18. The number of nitro groups is 1. The number of rotatable bonds is 1. The minimum absolute atomic E-state index is 0.00199. The summed E-state index contributed by atoms with van der Waals surface area (Å²) in [6.07, 6.45) is 2.76. The number of pyridine rings is 1. The molecule has 0 spiro atoms. The van der Waals surface area contributed by atoms with Crippen LogP contribution in [0.4, 0.5) is 5.69 Å². The topological polar surface area (TPSA) is 76.3 Å². The molecule has 1 atom stereocenters. The first kappa shape index (κ1) is 9.08. The van der Waals surface area contributed by atoms with E-state index in [2.05, 4.69) is 4.98 Å². The zero-order valence-electron chi connectivity index (χ0n) is 7.51. The predicted molar refractivity (Wildman–Crippen MR) is 48.9 cm³/mol. The van der Waals surface area contributed by atoms with E-state index in [9.17, 15) is 15.2 Å². The molecule has 0 saturated carbocycles. The summed E-state index contributed by atoms with van der Waals surface area (Å²) in [4.78, 5) is 14.0. The summed E-state index contributed by atoms with van der Waals surface area (Å²) in [5.41, 5.74) is 1.68. The number of fused-ring (bicyclic) bond motifs is 1. The molecule has 1 aromatic heterocycles. The van der Waals surface area contributed by atoms with Gasteiger partial charge in [0, 0.05) is 18.2 Å². The van der Waals surface area contributed by atoms with Gasteiger partial charge in [0.05, 0.1) is 11.0 Å². The van der Waals surface area contributed by atoms with Gasteiger partial charge in [0.1, 0.15) is 6.20 Å². The number of aliphatic hydroxyl groups excluding tert-OH is 1. The van der Waals surface area contributed by atoms with E-state index in [4.69, 9.17) is 0 Å². The fourth-order valence-electron chi connectivity index (χ4n) is 1.69. The third-order valence-electron chi connectivity index (χ3n) is 2.43. The van der Waals surface area contributed by atoms with Crippen LogP contribution in [-0.2, 0) is 12.8 Å². The Hall–Kier alpha value is -1.49.